The third-order valence-corrected chi connectivity index (χ3v) is 5.11. The van der Waals surface area contributed by atoms with Gasteiger partial charge < -0.3 is 10.6 Å². The van der Waals surface area contributed by atoms with Gasteiger partial charge in [0.2, 0.25) is 0 Å². The summed E-state index contributed by atoms with van der Waals surface area (Å²) in [6.45, 7) is 0. The van der Waals surface area contributed by atoms with E-state index in [1.165, 1.54) is 12.8 Å². The number of amides is 1. The molecular weight excluding hydrogens is 294 g/mol. The van der Waals surface area contributed by atoms with E-state index in [0.29, 0.717) is 21.8 Å². The minimum atomic E-state index is -0.182. The zero-order valence-electron chi connectivity index (χ0n) is 11.8. The molecule has 0 aliphatic heterocycles. The molecule has 2 atom stereocenters. The van der Waals surface area contributed by atoms with Crippen LogP contribution in [0, 0.1) is 0 Å². The lowest BCUT2D eigenvalue weighted by atomic mass is 9.94. The Hall–Kier alpha value is -0.940. The summed E-state index contributed by atoms with van der Waals surface area (Å²) in [5, 5.41) is 6.89. The van der Waals surface area contributed by atoms with Gasteiger partial charge in [-0.15, -0.1) is 0 Å². The number of thioether (sulfide) groups is 1. The summed E-state index contributed by atoms with van der Waals surface area (Å²) < 4.78 is 0. The van der Waals surface area contributed by atoms with E-state index >= 15 is 0 Å². The molecule has 1 aromatic rings. The number of nitrogens with zero attached hydrogens (tertiary/aromatic N) is 1. The maximum Gasteiger partial charge on any atom is 0.271 e. The predicted molar refractivity (Wildman–Crippen MR) is 85.8 cm³/mol. The van der Waals surface area contributed by atoms with Crippen LogP contribution in [0.3, 0.4) is 0 Å². The van der Waals surface area contributed by atoms with Crippen LogP contribution < -0.4 is 10.6 Å². The fraction of sp³-hybridized carbons (Fsp3) is 0.571. The minimum Gasteiger partial charge on any atom is -0.373 e. The molecule has 1 amide bonds. The molecule has 1 aliphatic rings. The number of anilines is 1. The largest absolute Gasteiger partial charge is 0.373 e. The molecule has 0 aromatic carbocycles. The maximum atomic E-state index is 12.4. The summed E-state index contributed by atoms with van der Waals surface area (Å²) in [4.78, 5) is 16.6. The second kappa shape index (κ2) is 7.18. The summed E-state index contributed by atoms with van der Waals surface area (Å²) in [6, 6.07) is 3.66. The highest BCUT2D eigenvalue weighted by Gasteiger charge is 2.27. The van der Waals surface area contributed by atoms with Crippen LogP contribution in [-0.4, -0.2) is 35.5 Å². The highest BCUT2D eigenvalue weighted by Crippen LogP contribution is 2.27. The van der Waals surface area contributed by atoms with Crippen LogP contribution in [0.5, 0.6) is 0 Å². The second-order valence-corrected chi connectivity index (χ2v) is 6.40. The minimum absolute atomic E-state index is 0.182. The number of carbonyl (C=O) groups is 1. The van der Waals surface area contributed by atoms with Crippen molar-refractivity contribution >= 4 is 35.1 Å². The summed E-state index contributed by atoms with van der Waals surface area (Å²) in [5.41, 5.74) is 0.295. The molecule has 1 fully saturated rings. The number of pyridine rings is 1. The van der Waals surface area contributed by atoms with Gasteiger partial charge in [0.15, 0.2) is 0 Å². The normalized spacial score (nSPS) is 22.4. The Morgan fingerprint density at radius 2 is 2.15 bits per heavy atom. The molecule has 6 heteroatoms. The quantitative estimate of drug-likeness (QED) is 0.896. The van der Waals surface area contributed by atoms with Crippen molar-refractivity contribution < 1.29 is 4.79 Å². The van der Waals surface area contributed by atoms with E-state index in [-0.39, 0.29) is 11.9 Å². The zero-order valence-corrected chi connectivity index (χ0v) is 13.4. The van der Waals surface area contributed by atoms with Crippen LogP contribution in [0.4, 0.5) is 5.82 Å². The van der Waals surface area contributed by atoms with Gasteiger partial charge in [0.05, 0.1) is 5.02 Å². The standard InChI is InChI=1S/C14H20ClN3OS/c1-16-12-8-7-9(15)13(18-12)14(19)17-10-5-3-4-6-11(10)20-2/h7-8,10-11H,3-6H2,1-2H3,(H,16,18)(H,17,19). The molecule has 110 valence electrons. The van der Waals surface area contributed by atoms with Gasteiger partial charge in [-0.3, -0.25) is 4.79 Å². The van der Waals surface area contributed by atoms with E-state index < -0.39 is 0 Å². The molecule has 1 aliphatic carbocycles. The predicted octanol–water partition coefficient (Wildman–Crippen LogP) is 3.18. The van der Waals surface area contributed by atoms with Crippen molar-refractivity contribution in [3.63, 3.8) is 0 Å². The number of halogens is 1. The van der Waals surface area contributed by atoms with Crippen molar-refractivity contribution in [2.75, 3.05) is 18.6 Å². The first-order chi connectivity index (χ1) is 9.65. The van der Waals surface area contributed by atoms with Gasteiger partial charge >= 0.3 is 0 Å². The van der Waals surface area contributed by atoms with Crippen molar-refractivity contribution in [3.8, 4) is 0 Å². The molecule has 2 N–H and O–H groups in total. The average molecular weight is 314 g/mol. The first-order valence-electron chi connectivity index (χ1n) is 6.83. The average Bonchev–Trinajstić information content (AvgIpc) is 2.48. The molecule has 1 aromatic heterocycles. The third kappa shape index (κ3) is 3.58. The van der Waals surface area contributed by atoms with E-state index in [1.807, 2.05) is 11.8 Å². The molecule has 0 saturated heterocycles. The number of rotatable bonds is 4. The molecular formula is C14H20ClN3OS. The zero-order chi connectivity index (χ0) is 14.5. The summed E-state index contributed by atoms with van der Waals surface area (Å²) >= 11 is 7.90. The van der Waals surface area contributed by atoms with E-state index in [1.54, 1.807) is 19.2 Å². The number of hydrogen-bond acceptors (Lipinski definition) is 4. The van der Waals surface area contributed by atoms with Crippen LogP contribution in [0.1, 0.15) is 36.2 Å². The number of nitrogens with one attached hydrogen (secondary N) is 2. The van der Waals surface area contributed by atoms with Gasteiger partial charge in [0.25, 0.3) is 5.91 Å². The molecule has 2 unspecified atom stereocenters. The molecule has 2 rings (SSSR count). The van der Waals surface area contributed by atoms with Crippen molar-refractivity contribution in [3.05, 3.63) is 22.8 Å². The van der Waals surface area contributed by atoms with Crippen LogP contribution >= 0.6 is 23.4 Å². The van der Waals surface area contributed by atoms with Crippen LogP contribution in [-0.2, 0) is 0 Å². The van der Waals surface area contributed by atoms with E-state index in [9.17, 15) is 4.79 Å². The molecule has 4 nitrogen and oxygen atoms in total. The third-order valence-electron chi connectivity index (χ3n) is 3.64. The van der Waals surface area contributed by atoms with Crippen molar-refractivity contribution in [1.82, 2.24) is 10.3 Å². The van der Waals surface area contributed by atoms with Gasteiger partial charge in [-0.1, -0.05) is 24.4 Å². The van der Waals surface area contributed by atoms with Crippen molar-refractivity contribution in [2.45, 2.75) is 37.0 Å². The van der Waals surface area contributed by atoms with Gasteiger partial charge in [0, 0.05) is 18.3 Å². The topological polar surface area (TPSA) is 54.0 Å². The Kier molecular flexibility index (Phi) is 5.54. The SMILES string of the molecule is CNc1ccc(Cl)c(C(=O)NC2CCCCC2SC)n1. The molecule has 0 spiro atoms. The number of aromatic nitrogens is 1. The Morgan fingerprint density at radius 3 is 2.85 bits per heavy atom. The van der Waals surface area contributed by atoms with Gasteiger partial charge in [0.1, 0.15) is 11.5 Å². The Balaban J connectivity index is 2.11. The van der Waals surface area contributed by atoms with Crippen molar-refractivity contribution in [1.29, 1.82) is 0 Å². The Morgan fingerprint density at radius 1 is 1.40 bits per heavy atom. The van der Waals surface area contributed by atoms with Crippen molar-refractivity contribution in [2.24, 2.45) is 0 Å². The maximum absolute atomic E-state index is 12.4. The molecule has 1 saturated carbocycles. The lowest BCUT2D eigenvalue weighted by Crippen LogP contribution is -2.44. The van der Waals surface area contributed by atoms with Gasteiger partial charge in [-0.2, -0.15) is 11.8 Å². The number of hydrogen-bond donors (Lipinski definition) is 2. The highest BCUT2D eigenvalue weighted by molar-refractivity contribution is 7.99. The van der Waals surface area contributed by atoms with E-state index in [0.717, 1.165) is 12.8 Å². The lowest BCUT2D eigenvalue weighted by Gasteiger charge is -2.30. The van der Waals surface area contributed by atoms with Gasteiger partial charge in [-0.25, -0.2) is 4.98 Å². The monoisotopic (exact) mass is 313 g/mol. The Bertz CT molecular complexity index is 483. The van der Waals surface area contributed by atoms with Gasteiger partial charge in [-0.05, 0) is 31.2 Å². The molecule has 1 heterocycles. The lowest BCUT2D eigenvalue weighted by molar-refractivity contribution is 0.0924. The van der Waals surface area contributed by atoms with Crippen LogP contribution in [0.15, 0.2) is 12.1 Å². The van der Waals surface area contributed by atoms with Crippen LogP contribution in [0.25, 0.3) is 0 Å². The fourth-order valence-electron chi connectivity index (χ4n) is 2.52. The highest BCUT2D eigenvalue weighted by atomic mass is 35.5. The molecule has 0 radical (unpaired) electrons. The van der Waals surface area contributed by atoms with E-state index in [2.05, 4.69) is 21.9 Å². The second-order valence-electron chi connectivity index (χ2n) is 4.92. The first kappa shape index (κ1) is 15.4. The summed E-state index contributed by atoms with van der Waals surface area (Å²) in [7, 11) is 1.77. The summed E-state index contributed by atoms with van der Waals surface area (Å²) in [6.07, 6.45) is 6.69. The molecule has 0 bridgehead atoms. The fourth-order valence-corrected chi connectivity index (χ4v) is 3.65. The first-order valence-corrected chi connectivity index (χ1v) is 8.50. The van der Waals surface area contributed by atoms with Crippen LogP contribution in [0.2, 0.25) is 5.02 Å². The summed E-state index contributed by atoms with van der Waals surface area (Å²) in [5.74, 6) is 0.461. The number of carbonyl (C=O) groups excluding carboxylic acids is 1. The van der Waals surface area contributed by atoms with E-state index in [4.69, 9.17) is 11.6 Å². The smallest absolute Gasteiger partial charge is 0.271 e. The molecule has 20 heavy (non-hydrogen) atoms. The Labute approximate surface area is 129 Å².